The summed E-state index contributed by atoms with van der Waals surface area (Å²) in [4.78, 5) is 20.3. The van der Waals surface area contributed by atoms with Gasteiger partial charge in [-0.2, -0.15) is 0 Å². The van der Waals surface area contributed by atoms with E-state index in [1.807, 2.05) is 19.1 Å². The lowest BCUT2D eigenvalue weighted by Gasteiger charge is -2.07. The van der Waals surface area contributed by atoms with Crippen LogP contribution in [0.5, 0.6) is 0 Å². The van der Waals surface area contributed by atoms with E-state index in [0.29, 0.717) is 12.1 Å². The largest absolute Gasteiger partial charge is 0.346 e. The average Bonchev–Trinajstić information content (AvgIpc) is 2.37. The minimum absolute atomic E-state index is 0.151. The van der Waals surface area contributed by atoms with E-state index in [1.54, 1.807) is 18.5 Å². The molecule has 0 bridgehead atoms. The predicted molar refractivity (Wildman–Crippen MR) is 79.8 cm³/mol. The number of hydrogen-bond acceptors (Lipinski definition) is 3. The topological polar surface area (TPSA) is 54.9 Å². The van der Waals surface area contributed by atoms with Crippen LogP contribution in [0.2, 0.25) is 0 Å². The van der Waals surface area contributed by atoms with Crippen LogP contribution in [0.4, 0.5) is 0 Å². The summed E-state index contributed by atoms with van der Waals surface area (Å²) in [7, 11) is 0. The summed E-state index contributed by atoms with van der Waals surface area (Å²) >= 11 is 6.71. The molecule has 0 radical (unpaired) electrons. The molecule has 0 aliphatic carbocycles. The minimum atomic E-state index is -0.151. The van der Waals surface area contributed by atoms with E-state index in [0.717, 1.165) is 20.3 Å². The van der Waals surface area contributed by atoms with Crippen LogP contribution in [0.25, 0.3) is 0 Å². The van der Waals surface area contributed by atoms with Crippen molar-refractivity contribution in [2.45, 2.75) is 13.5 Å². The maximum absolute atomic E-state index is 12.0. The highest BCUT2D eigenvalue weighted by atomic mass is 79.9. The number of aryl methyl sites for hydroxylation is 1. The highest BCUT2D eigenvalue weighted by molar-refractivity contribution is 9.11. The zero-order valence-electron chi connectivity index (χ0n) is 10.2. The summed E-state index contributed by atoms with van der Waals surface area (Å²) in [6.07, 6.45) is 3.34. The van der Waals surface area contributed by atoms with Gasteiger partial charge in [0.2, 0.25) is 0 Å². The second kappa shape index (κ2) is 6.25. The molecular weight excluding hydrogens is 374 g/mol. The van der Waals surface area contributed by atoms with Crippen molar-refractivity contribution in [1.29, 1.82) is 0 Å². The fourth-order valence-electron chi connectivity index (χ4n) is 1.45. The smallest absolute Gasteiger partial charge is 0.252 e. The normalized spacial score (nSPS) is 10.3. The molecule has 0 fully saturated rings. The van der Waals surface area contributed by atoms with E-state index in [4.69, 9.17) is 0 Å². The van der Waals surface area contributed by atoms with Gasteiger partial charge < -0.3 is 5.32 Å². The Morgan fingerprint density at radius 3 is 2.68 bits per heavy atom. The molecule has 0 saturated heterocycles. The number of amides is 1. The molecule has 1 aromatic carbocycles. The van der Waals surface area contributed by atoms with Crippen molar-refractivity contribution in [3.8, 4) is 0 Å². The third-order valence-electron chi connectivity index (χ3n) is 2.44. The van der Waals surface area contributed by atoms with Gasteiger partial charge in [-0.1, -0.05) is 15.9 Å². The molecule has 1 aromatic heterocycles. The van der Waals surface area contributed by atoms with E-state index in [9.17, 15) is 4.79 Å². The highest BCUT2D eigenvalue weighted by Gasteiger charge is 2.10. The van der Waals surface area contributed by atoms with Gasteiger partial charge in [-0.25, -0.2) is 0 Å². The van der Waals surface area contributed by atoms with Crippen molar-refractivity contribution in [2.75, 3.05) is 0 Å². The number of halogens is 2. The number of carbonyl (C=O) groups excluding carboxylic acids is 1. The Kier molecular flexibility index (Phi) is 4.66. The minimum Gasteiger partial charge on any atom is -0.346 e. The van der Waals surface area contributed by atoms with Crippen LogP contribution in [0, 0.1) is 6.92 Å². The van der Waals surface area contributed by atoms with Crippen LogP contribution < -0.4 is 5.32 Å². The summed E-state index contributed by atoms with van der Waals surface area (Å²) in [5.41, 5.74) is 2.17. The molecule has 0 atom stereocenters. The standard InChI is InChI=1S/C13H11Br2N3O/c1-8-5-17-10(6-16-8)7-18-13(19)11-3-2-9(14)4-12(11)15/h2-6H,7H2,1H3,(H,18,19). The molecule has 1 amide bonds. The first-order chi connectivity index (χ1) is 9.06. The van der Waals surface area contributed by atoms with Gasteiger partial charge in [-0.15, -0.1) is 0 Å². The molecule has 0 unspecified atom stereocenters. The molecular formula is C13H11Br2N3O. The summed E-state index contributed by atoms with van der Waals surface area (Å²) in [6, 6.07) is 5.41. The monoisotopic (exact) mass is 383 g/mol. The van der Waals surface area contributed by atoms with Gasteiger partial charge in [-0.3, -0.25) is 14.8 Å². The van der Waals surface area contributed by atoms with Crippen LogP contribution in [-0.2, 0) is 6.54 Å². The number of nitrogens with zero attached hydrogens (tertiary/aromatic N) is 2. The van der Waals surface area contributed by atoms with Crippen molar-refractivity contribution >= 4 is 37.8 Å². The molecule has 98 valence electrons. The van der Waals surface area contributed by atoms with E-state index in [1.165, 1.54) is 0 Å². The zero-order valence-corrected chi connectivity index (χ0v) is 13.3. The Balaban J connectivity index is 2.03. The lowest BCUT2D eigenvalue weighted by Crippen LogP contribution is -2.23. The number of nitrogens with one attached hydrogen (secondary N) is 1. The second-order valence-corrected chi connectivity index (χ2v) is 5.73. The molecule has 6 heteroatoms. The van der Waals surface area contributed by atoms with Crippen LogP contribution in [0.3, 0.4) is 0 Å². The van der Waals surface area contributed by atoms with Crippen LogP contribution in [-0.4, -0.2) is 15.9 Å². The lowest BCUT2D eigenvalue weighted by atomic mass is 10.2. The van der Waals surface area contributed by atoms with Gasteiger partial charge in [0.25, 0.3) is 5.91 Å². The summed E-state index contributed by atoms with van der Waals surface area (Å²) < 4.78 is 1.66. The van der Waals surface area contributed by atoms with Crippen LogP contribution in [0.1, 0.15) is 21.7 Å². The Labute approximate surface area is 127 Å². The Morgan fingerprint density at radius 1 is 1.26 bits per heavy atom. The SMILES string of the molecule is Cc1cnc(CNC(=O)c2ccc(Br)cc2Br)cn1. The van der Waals surface area contributed by atoms with Gasteiger partial charge in [0, 0.05) is 15.1 Å². The van der Waals surface area contributed by atoms with Crippen molar-refractivity contribution in [2.24, 2.45) is 0 Å². The molecule has 19 heavy (non-hydrogen) atoms. The van der Waals surface area contributed by atoms with E-state index in [-0.39, 0.29) is 5.91 Å². The molecule has 0 aliphatic heterocycles. The van der Waals surface area contributed by atoms with Gasteiger partial charge in [0.15, 0.2) is 0 Å². The molecule has 2 aromatic rings. The molecule has 0 spiro atoms. The zero-order chi connectivity index (χ0) is 13.8. The van der Waals surface area contributed by atoms with Crippen LogP contribution in [0.15, 0.2) is 39.5 Å². The van der Waals surface area contributed by atoms with Gasteiger partial charge in [-0.05, 0) is 41.1 Å². The lowest BCUT2D eigenvalue weighted by molar-refractivity contribution is 0.0949. The quantitative estimate of drug-likeness (QED) is 0.883. The van der Waals surface area contributed by atoms with E-state index < -0.39 is 0 Å². The first-order valence-corrected chi connectivity index (χ1v) is 7.15. The fourth-order valence-corrected chi connectivity index (χ4v) is 2.68. The summed E-state index contributed by atoms with van der Waals surface area (Å²) in [6.45, 7) is 2.23. The van der Waals surface area contributed by atoms with Gasteiger partial charge >= 0.3 is 0 Å². The third-order valence-corrected chi connectivity index (χ3v) is 3.59. The van der Waals surface area contributed by atoms with E-state index >= 15 is 0 Å². The molecule has 1 heterocycles. The van der Waals surface area contributed by atoms with Crippen molar-refractivity contribution in [3.05, 3.63) is 56.5 Å². The first kappa shape index (κ1) is 14.1. The van der Waals surface area contributed by atoms with Crippen molar-refractivity contribution in [3.63, 3.8) is 0 Å². The Morgan fingerprint density at radius 2 is 2.05 bits per heavy atom. The number of benzene rings is 1. The molecule has 4 nitrogen and oxygen atoms in total. The Bertz CT molecular complexity index is 599. The fraction of sp³-hybridized carbons (Fsp3) is 0.154. The highest BCUT2D eigenvalue weighted by Crippen LogP contribution is 2.21. The van der Waals surface area contributed by atoms with E-state index in [2.05, 4.69) is 47.1 Å². The summed E-state index contributed by atoms with van der Waals surface area (Å²) in [5, 5.41) is 2.81. The van der Waals surface area contributed by atoms with Crippen LogP contribution >= 0.6 is 31.9 Å². The Hall–Kier alpha value is -1.27. The number of aromatic nitrogens is 2. The van der Waals surface area contributed by atoms with Gasteiger partial charge in [0.1, 0.15) is 0 Å². The van der Waals surface area contributed by atoms with Gasteiger partial charge in [0.05, 0.1) is 29.7 Å². The second-order valence-electron chi connectivity index (χ2n) is 3.96. The molecule has 1 N–H and O–H groups in total. The predicted octanol–water partition coefficient (Wildman–Crippen LogP) is 3.24. The molecule has 2 rings (SSSR count). The third kappa shape index (κ3) is 3.84. The molecule has 0 saturated carbocycles. The maximum Gasteiger partial charge on any atom is 0.252 e. The van der Waals surface area contributed by atoms with Crippen molar-refractivity contribution in [1.82, 2.24) is 15.3 Å². The number of hydrogen-bond donors (Lipinski definition) is 1. The number of rotatable bonds is 3. The first-order valence-electron chi connectivity index (χ1n) is 5.57. The summed E-state index contributed by atoms with van der Waals surface area (Å²) in [5.74, 6) is -0.151. The average molecular weight is 385 g/mol. The maximum atomic E-state index is 12.0. The van der Waals surface area contributed by atoms with Crippen molar-refractivity contribution < 1.29 is 4.79 Å². The molecule has 0 aliphatic rings. The number of carbonyl (C=O) groups is 1.